The number of hydrogen-bond donors (Lipinski definition) is 0. The van der Waals surface area contributed by atoms with Gasteiger partial charge < -0.3 is 4.74 Å². The van der Waals surface area contributed by atoms with Gasteiger partial charge in [-0.3, -0.25) is 0 Å². The van der Waals surface area contributed by atoms with Crippen molar-refractivity contribution in [3.63, 3.8) is 0 Å². The average Bonchev–Trinajstić information content (AvgIpc) is 2.45. The van der Waals surface area contributed by atoms with Gasteiger partial charge in [-0.05, 0) is 30.7 Å². The second kappa shape index (κ2) is 6.21. The van der Waals surface area contributed by atoms with Gasteiger partial charge in [-0.15, -0.1) is 0 Å². The maximum absolute atomic E-state index is 9.03. The summed E-state index contributed by atoms with van der Waals surface area (Å²) < 4.78 is 5.12. The van der Waals surface area contributed by atoms with Gasteiger partial charge in [0.05, 0.1) is 12.7 Å². The van der Waals surface area contributed by atoms with Crippen molar-refractivity contribution in [1.29, 1.82) is 5.26 Å². The molecular formula is C14H13N3OS. The quantitative estimate of drug-likeness (QED) is 0.632. The predicted octanol–water partition coefficient (Wildman–Crippen LogP) is 2.96. The van der Waals surface area contributed by atoms with E-state index in [-0.39, 0.29) is 0 Å². The van der Waals surface area contributed by atoms with Crippen molar-refractivity contribution in [3.8, 4) is 11.8 Å². The van der Waals surface area contributed by atoms with Crippen LogP contribution in [0.2, 0.25) is 0 Å². The lowest BCUT2D eigenvalue weighted by Crippen LogP contribution is -1.92. The summed E-state index contributed by atoms with van der Waals surface area (Å²) in [7, 11) is 1.56. The Hall–Kier alpha value is -2.06. The number of methoxy groups -OCH3 is 1. The summed E-state index contributed by atoms with van der Waals surface area (Å²) in [4.78, 5) is 8.52. The third kappa shape index (κ3) is 3.46. The molecule has 2 aromatic rings. The molecule has 0 aliphatic rings. The minimum atomic E-state index is 0.547. The predicted molar refractivity (Wildman–Crippen MR) is 74.0 cm³/mol. The van der Waals surface area contributed by atoms with Crippen molar-refractivity contribution in [2.24, 2.45) is 0 Å². The molecule has 1 aromatic carbocycles. The van der Waals surface area contributed by atoms with Gasteiger partial charge in [0.2, 0.25) is 0 Å². The smallest absolute Gasteiger partial charge is 0.188 e. The molecule has 0 bridgehead atoms. The number of thioether (sulfide) groups is 1. The van der Waals surface area contributed by atoms with E-state index >= 15 is 0 Å². The number of ether oxygens (including phenoxy) is 1. The van der Waals surface area contributed by atoms with Crippen LogP contribution in [-0.2, 0) is 5.75 Å². The first-order chi connectivity index (χ1) is 9.22. The van der Waals surface area contributed by atoms with Gasteiger partial charge in [0.25, 0.3) is 0 Å². The molecular weight excluding hydrogens is 258 g/mol. The molecule has 0 spiro atoms. The number of hydrogen-bond acceptors (Lipinski definition) is 5. The number of nitriles is 1. The van der Waals surface area contributed by atoms with E-state index < -0.39 is 0 Å². The van der Waals surface area contributed by atoms with Crippen LogP contribution >= 0.6 is 11.8 Å². The van der Waals surface area contributed by atoms with Crippen LogP contribution in [-0.4, -0.2) is 17.1 Å². The van der Waals surface area contributed by atoms with E-state index in [0.717, 1.165) is 22.2 Å². The lowest BCUT2D eigenvalue weighted by molar-refractivity contribution is 0.413. The van der Waals surface area contributed by atoms with Crippen LogP contribution in [0.5, 0.6) is 5.75 Å². The molecule has 0 saturated carbocycles. The maximum atomic E-state index is 9.03. The maximum Gasteiger partial charge on any atom is 0.188 e. The highest BCUT2D eigenvalue weighted by molar-refractivity contribution is 7.98. The van der Waals surface area contributed by atoms with Crippen LogP contribution in [0.4, 0.5) is 0 Å². The molecule has 5 heteroatoms. The lowest BCUT2D eigenvalue weighted by Gasteiger charge is -2.05. The summed E-state index contributed by atoms with van der Waals surface area (Å²) in [6.07, 6.45) is 1.75. The molecule has 0 fully saturated rings. The van der Waals surface area contributed by atoms with Crippen molar-refractivity contribution in [3.05, 3.63) is 47.3 Å². The number of benzene rings is 1. The second-order valence-corrected chi connectivity index (χ2v) is 4.86. The van der Waals surface area contributed by atoms with E-state index in [0.29, 0.717) is 11.3 Å². The molecule has 1 heterocycles. The monoisotopic (exact) mass is 271 g/mol. The van der Waals surface area contributed by atoms with Crippen molar-refractivity contribution in [1.82, 2.24) is 9.97 Å². The summed E-state index contributed by atoms with van der Waals surface area (Å²) in [5.41, 5.74) is 2.54. The molecule has 4 nitrogen and oxygen atoms in total. The van der Waals surface area contributed by atoms with Crippen LogP contribution < -0.4 is 4.74 Å². The Morgan fingerprint density at radius 3 is 2.89 bits per heavy atom. The van der Waals surface area contributed by atoms with E-state index in [2.05, 4.69) is 16.0 Å². The zero-order valence-electron chi connectivity index (χ0n) is 10.8. The van der Waals surface area contributed by atoms with Gasteiger partial charge in [-0.1, -0.05) is 17.8 Å². The Balaban J connectivity index is 2.10. The zero-order valence-corrected chi connectivity index (χ0v) is 11.6. The Morgan fingerprint density at radius 1 is 1.37 bits per heavy atom. The van der Waals surface area contributed by atoms with Gasteiger partial charge in [-0.25, -0.2) is 9.97 Å². The van der Waals surface area contributed by atoms with E-state index in [4.69, 9.17) is 10.00 Å². The van der Waals surface area contributed by atoms with E-state index in [1.807, 2.05) is 31.2 Å². The first kappa shape index (κ1) is 13.4. The molecule has 19 heavy (non-hydrogen) atoms. The van der Waals surface area contributed by atoms with E-state index in [1.54, 1.807) is 25.1 Å². The SMILES string of the molecule is COc1ccc(CSc2nccc(C)n2)cc1C#N. The normalized spacial score (nSPS) is 9.95. The summed E-state index contributed by atoms with van der Waals surface area (Å²) in [6, 6.07) is 9.59. The average molecular weight is 271 g/mol. The highest BCUT2D eigenvalue weighted by Gasteiger charge is 2.05. The molecule has 0 atom stereocenters. The first-order valence-corrected chi connectivity index (χ1v) is 6.71. The number of aryl methyl sites for hydroxylation is 1. The molecule has 1 aromatic heterocycles. The fourth-order valence-corrected chi connectivity index (χ4v) is 2.39. The minimum Gasteiger partial charge on any atom is -0.495 e. The number of nitrogens with zero attached hydrogens (tertiary/aromatic N) is 3. The summed E-state index contributed by atoms with van der Waals surface area (Å²) >= 11 is 1.55. The molecule has 96 valence electrons. The van der Waals surface area contributed by atoms with Crippen LogP contribution in [0.15, 0.2) is 35.6 Å². The van der Waals surface area contributed by atoms with Gasteiger partial charge >= 0.3 is 0 Å². The molecule has 0 radical (unpaired) electrons. The third-order valence-corrected chi connectivity index (χ3v) is 3.46. The highest BCUT2D eigenvalue weighted by Crippen LogP contribution is 2.24. The van der Waals surface area contributed by atoms with Gasteiger partial charge in [0.15, 0.2) is 5.16 Å². The summed E-state index contributed by atoms with van der Waals surface area (Å²) in [5.74, 6) is 1.32. The van der Waals surface area contributed by atoms with Crippen LogP contribution in [0.3, 0.4) is 0 Å². The minimum absolute atomic E-state index is 0.547. The Kier molecular flexibility index (Phi) is 4.37. The molecule has 0 amide bonds. The molecule has 2 rings (SSSR count). The molecule has 0 N–H and O–H groups in total. The molecule has 0 aliphatic carbocycles. The third-order valence-electron chi connectivity index (χ3n) is 2.52. The molecule has 0 aliphatic heterocycles. The molecule has 0 saturated heterocycles. The first-order valence-electron chi connectivity index (χ1n) is 5.72. The van der Waals surface area contributed by atoms with Gasteiger partial charge in [0, 0.05) is 17.6 Å². The zero-order chi connectivity index (χ0) is 13.7. The standard InChI is InChI=1S/C14H13N3OS/c1-10-5-6-16-14(17-10)19-9-11-3-4-13(18-2)12(7-11)8-15/h3-7H,9H2,1-2H3. The van der Waals surface area contributed by atoms with Gasteiger partial charge in [0.1, 0.15) is 11.8 Å². The Bertz CT molecular complexity index is 622. The van der Waals surface area contributed by atoms with Gasteiger partial charge in [-0.2, -0.15) is 5.26 Å². The van der Waals surface area contributed by atoms with Crippen LogP contribution in [0, 0.1) is 18.3 Å². The van der Waals surface area contributed by atoms with Crippen LogP contribution in [0.25, 0.3) is 0 Å². The number of aromatic nitrogens is 2. The Labute approximate surface area is 116 Å². The van der Waals surface area contributed by atoms with Crippen molar-refractivity contribution >= 4 is 11.8 Å². The van der Waals surface area contributed by atoms with Crippen molar-refractivity contribution < 1.29 is 4.74 Å². The van der Waals surface area contributed by atoms with E-state index in [1.165, 1.54) is 0 Å². The lowest BCUT2D eigenvalue weighted by atomic mass is 10.1. The largest absolute Gasteiger partial charge is 0.495 e. The topological polar surface area (TPSA) is 58.8 Å². The summed E-state index contributed by atoms with van der Waals surface area (Å²) in [6.45, 7) is 1.94. The van der Waals surface area contributed by atoms with Crippen molar-refractivity contribution in [2.75, 3.05) is 7.11 Å². The summed E-state index contributed by atoms with van der Waals surface area (Å²) in [5, 5.41) is 9.78. The van der Waals surface area contributed by atoms with Crippen LogP contribution in [0.1, 0.15) is 16.8 Å². The van der Waals surface area contributed by atoms with Crippen molar-refractivity contribution in [2.45, 2.75) is 17.8 Å². The van der Waals surface area contributed by atoms with E-state index in [9.17, 15) is 0 Å². The number of rotatable bonds is 4. The fourth-order valence-electron chi connectivity index (χ4n) is 1.58. The molecule has 0 unspecified atom stereocenters. The highest BCUT2D eigenvalue weighted by atomic mass is 32.2. The second-order valence-electron chi connectivity index (χ2n) is 3.92. The Morgan fingerprint density at radius 2 is 2.21 bits per heavy atom. The fraction of sp³-hybridized carbons (Fsp3) is 0.214.